The van der Waals surface area contributed by atoms with Crippen LogP contribution < -0.4 is 5.73 Å². The van der Waals surface area contributed by atoms with E-state index in [0.29, 0.717) is 23.0 Å². The second-order valence-corrected chi connectivity index (χ2v) is 10.3. The van der Waals surface area contributed by atoms with Crippen molar-refractivity contribution in [2.24, 2.45) is 46.2 Å². The summed E-state index contributed by atoms with van der Waals surface area (Å²) in [5.74, 6) is 3.97. The molecule has 0 bridgehead atoms. The number of carbonyl (C=O) groups is 1. The minimum Gasteiger partial charge on any atom is -0.330 e. The highest BCUT2D eigenvalue weighted by Crippen LogP contribution is 2.66. The number of fused-ring (bicyclic) bond motifs is 5. The monoisotopic (exact) mass is 355 g/mol. The maximum atomic E-state index is 12.6. The first-order chi connectivity index (χ1) is 12.4. The van der Waals surface area contributed by atoms with Crippen LogP contribution in [0.3, 0.4) is 0 Å². The van der Waals surface area contributed by atoms with E-state index < -0.39 is 0 Å². The van der Waals surface area contributed by atoms with Crippen LogP contribution in [0.15, 0.2) is 24.3 Å². The Morgan fingerprint density at radius 1 is 1.19 bits per heavy atom. The van der Waals surface area contributed by atoms with E-state index in [1.807, 2.05) is 0 Å². The normalized spacial score (nSPS) is 48.3. The number of Topliss-reactive ketones (excluding diaryl/α,β-unsaturated/α-hetero) is 1. The second kappa shape index (κ2) is 6.62. The van der Waals surface area contributed by atoms with E-state index in [1.165, 1.54) is 37.7 Å². The molecule has 4 aliphatic rings. The highest BCUT2D eigenvalue weighted by atomic mass is 16.1. The smallest absolute Gasteiger partial charge is 0.139 e. The number of ketones is 1. The zero-order chi connectivity index (χ0) is 18.5. The van der Waals surface area contributed by atoms with Crippen LogP contribution in [0.5, 0.6) is 0 Å². The van der Waals surface area contributed by atoms with E-state index in [-0.39, 0.29) is 5.41 Å². The first-order valence-electron chi connectivity index (χ1n) is 11.0. The summed E-state index contributed by atoms with van der Waals surface area (Å²) in [6.45, 7) is 10.2. The molecule has 4 aliphatic carbocycles. The zero-order valence-electron chi connectivity index (χ0n) is 16.8. The zero-order valence-corrected chi connectivity index (χ0v) is 16.8. The lowest BCUT2D eigenvalue weighted by Gasteiger charge is -2.61. The van der Waals surface area contributed by atoms with E-state index in [9.17, 15) is 4.79 Å². The number of hydrogen-bond donors (Lipinski definition) is 1. The molecule has 144 valence electrons. The van der Waals surface area contributed by atoms with Gasteiger partial charge in [-0.2, -0.15) is 0 Å². The molecule has 26 heavy (non-hydrogen) atoms. The average molecular weight is 356 g/mol. The molecule has 0 aromatic rings. The third-order valence-corrected chi connectivity index (χ3v) is 9.12. The van der Waals surface area contributed by atoms with E-state index in [1.54, 1.807) is 0 Å². The van der Waals surface area contributed by atoms with E-state index in [0.717, 1.165) is 50.0 Å². The van der Waals surface area contributed by atoms with Gasteiger partial charge in [0.25, 0.3) is 0 Å². The van der Waals surface area contributed by atoms with Gasteiger partial charge in [0.1, 0.15) is 5.78 Å². The Morgan fingerprint density at radius 2 is 2.00 bits per heavy atom. The van der Waals surface area contributed by atoms with Gasteiger partial charge in [-0.25, -0.2) is 0 Å². The van der Waals surface area contributed by atoms with Crippen LogP contribution in [0.1, 0.15) is 71.6 Å². The molecule has 2 nitrogen and oxygen atoms in total. The molecule has 0 aromatic heterocycles. The molecule has 0 amide bonds. The van der Waals surface area contributed by atoms with Crippen molar-refractivity contribution in [1.82, 2.24) is 0 Å². The van der Waals surface area contributed by atoms with Gasteiger partial charge in [0.15, 0.2) is 0 Å². The summed E-state index contributed by atoms with van der Waals surface area (Å²) >= 11 is 0. The summed E-state index contributed by atoms with van der Waals surface area (Å²) in [7, 11) is 0. The quantitative estimate of drug-likeness (QED) is 0.699. The summed E-state index contributed by atoms with van der Waals surface area (Å²) in [5.41, 5.74) is 7.53. The summed E-state index contributed by atoms with van der Waals surface area (Å²) < 4.78 is 0. The minimum atomic E-state index is -0.0462. The Labute approximate surface area is 159 Å². The fourth-order valence-electron chi connectivity index (χ4n) is 7.49. The van der Waals surface area contributed by atoms with E-state index in [4.69, 9.17) is 5.73 Å². The standard InChI is InChI=1S/C24H37NO/c1-16-14-18-15-17(6-4-5-13-25)9-11-23(18,2)20-10-12-24(3)19(22(16)20)7-8-21(24)26/h4,6,17-20,22H,1,5,7-15,25H2,2-3H3/b6-4-/t17-,18?,19+,20+,22+,23+,24+/m1/s1. The van der Waals surface area contributed by atoms with E-state index in [2.05, 4.69) is 32.6 Å². The third-order valence-electron chi connectivity index (χ3n) is 9.12. The molecule has 0 spiro atoms. The molecule has 4 rings (SSSR count). The highest BCUT2D eigenvalue weighted by Gasteiger charge is 2.61. The molecular weight excluding hydrogens is 318 g/mol. The Kier molecular flexibility index (Phi) is 4.70. The minimum absolute atomic E-state index is 0.0462. The predicted octanol–water partition coefficient (Wildman–Crippen LogP) is 5.29. The lowest BCUT2D eigenvalue weighted by Crippen LogP contribution is -2.54. The average Bonchev–Trinajstić information content (AvgIpc) is 2.92. The van der Waals surface area contributed by atoms with Crippen molar-refractivity contribution in [1.29, 1.82) is 0 Å². The van der Waals surface area contributed by atoms with Crippen LogP contribution in [0, 0.1) is 40.4 Å². The Bertz CT molecular complexity index is 622. The highest BCUT2D eigenvalue weighted by molar-refractivity contribution is 5.87. The van der Waals surface area contributed by atoms with Crippen LogP contribution in [-0.4, -0.2) is 12.3 Å². The van der Waals surface area contributed by atoms with Crippen LogP contribution >= 0.6 is 0 Å². The Morgan fingerprint density at radius 3 is 2.77 bits per heavy atom. The predicted molar refractivity (Wildman–Crippen MR) is 108 cm³/mol. The topological polar surface area (TPSA) is 43.1 Å². The summed E-state index contributed by atoms with van der Waals surface area (Å²) in [5, 5.41) is 0. The fourth-order valence-corrected chi connectivity index (χ4v) is 7.49. The van der Waals surface area contributed by atoms with Gasteiger partial charge in [0, 0.05) is 11.8 Å². The molecule has 1 unspecified atom stereocenters. The van der Waals surface area contributed by atoms with Crippen molar-refractivity contribution in [2.45, 2.75) is 71.6 Å². The summed E-state index contributed by atoms with van der Waals surface area (Å²) in [6, 6.07) is 0. The van der Waals surface area contributed by atoms with E-state index >= 15 is 0 Å². The van der Waals surface area contributed by atoms with Crippen molar-refractivity contribution in [3.05, 3.63) is 24.3 Å². The lowest BCUT2D eigenvalue weighted by atomic mass is 9.44. The van der Waals surface area contributed by atoms with Gasteiger partial charge in [0.2, 0.25) is 0 Å². The van der Waals surface area contributed by atoms with Crippen molar-refractivity contribution in [2.75, 3.05) is 6.54 Å². The first kappa shape index (κ1) is 18.5. The molecule has 0 saturated heterocycles. The van der Waals surface area contributed by atoms with Crippen LogP contribution in [0.2, 0.25) is 0 Å². The second-order valence-electron chi connectivity index (χ2n) is 10.3. The molecule has 0 radical (unpaired) electrons. The number of nitrogens with two attached hydrogens (primary N) is 1. The molecule has 2 N–H and O–H groups in total. The van der Waals surface area contributed by atoms with Gasteiger partial charge >= 0.3 is 0 Å². The van der Waals surface area contributed by atoms with Gasteiger partial charge in [0.05, 0.1) is 0 Å². The number of rotatable bonds is 3. The van der Waals surface area contributed by atoms with Crippen LogP contribution in [0.25, 0.3) is 0 Å². The van der Waals surface area contributed by atoms with Crippen LogP contribution in [0.4, 0.5) is 0 Å². The maximum Gasteiger partial charge on any atom is 0.139 e. The fraction of sp³-hybridized carbons (Fsp3) is 0.792. The maximum absolute atomic E-state index is 12.6. The van der Waals surface area contributed by atoms with Crippen molar-refractivity contribution >= 4 is 5.78 Å². The largest absolute Gasteiger partial charge is 0.330 e. The van der Waals surface area contributed by atoms with Gasteiger partial charge in [-0.3, -0.25) is 4.79 Å². The number of hydrogen-bond acceptors (Lipinski definition) is 2. The number of allylic oxidation sites excluding steroid dienone is 2. The lowest BCUT2D eigenvalue weighted by molar-refractivity contribution is -0.134. The van der Waals surface area contributed by atoms with Gasteiger partial charge in [-0.05, 0) is 92.9 Å². The molecular formula is C24H37NO. The van der Waals surface area contributed by atoms with Crippen molar-refractivity contribution in [3.8, 4) is 0 Å². The van der Waals surface area contributed by atoms with Gasteiger partial charge < -0.3 is 5.73 Å². The molecule has 0 aliphatic heterocycles. The summed E-state index contributed by atoms with van der Waals surface area (Å²) in [4.78, 5) is 12.6. The van der Waals surface area contributed by atoms with Crippen molar-refractivity contribution < 1.29 is 4.79 Å². The van der Waals surface area contributed by atoms with Gasteiger partial charge in [-0.1, -0.05) is 38.2 Å². The van der Waals surface area contributed by atoms with Crippen LogP contribution in [-0.2, 0) is 4.79 Å². The Balaban J connectivity index is 1.56. The molecule has 7 atom stereocenters. The molecule has 0 aromatic carbocycles. The Hall–Kier alpha value is -0.890. The molecule has 4 saturated carbocycles. The molecule has 4 fully saturated rings. The summed E-state index contributed by atoms with van der Waals surface area (Å²) in [6.07, 6.45) is 15.2. The first-order valence-corrected chi connectivity index (χ1v) is 11.0. The number of carbonyl (C=O) groups excluding carboxylic acids is 1. The van der Waals surface area contributed by atoms with Gasteiger partial charge in [-0.15, -0.1) is 0 Å². The molecule has 0 heterocycles. The third kappa shape index (κ3) is 2.66. The van der Waals surface area contributed by atoms with Crippen molar-refractivity contribution in [3.63, 3.8) is 0 Å². The molecule has 2 heteroatoms. The SMILES string of the molecule is C=C1CC2C[C@H](/C=C\CCN)CC[C@]2(C)[C@H]2CC[C@]3(C)C(=O)CC[C@H]3[C@H]12.